The molecule has 106 valence electrons. The van der Waals surface area contributed by atoms with Crippen molar-refractivity contribution in [2.24, 2.45) is 5.73 Å². The van der Waals surface area contributed by atoms with Gasteiger partial charge in [0.2, 0.25) is 0 Å². The fraction of sp³-hybridized carbons (Fsp3) is 0.250. The Morgan fingerprint density at radius 1 is 1.05 bits per heavy atom. The van der Waals surface area contributed by atoms with E-state index in [9.17, 15) is 4.39 Å². The van der Waals surface area contributed by atoms with Gasteiger partial charge in [-0.25, -0.2) is 4.39 Å². The van der Waals surface area contributed by atoms with Crippen LogP contribution in [0.15, 0.2) is 42.5 Å². The maximum absolute atomic E-state index is 13.5. The van der Waals surface area contributed by atoms with Crippen LogP contribution in [0.2, 0.25) is 0 Å². The third-order valence-corrected chi connectivity index (χ3v) is 2.88. The summed E-state index contributed by atoms with van der Waals surface area (Å²) in [5, 5.41) is 0. The largest absolute Gasteiger partial charge is 0.490 e. The molecule has 0 saturated heterocycles. The molecule has 0 aromatic heterocycles. The fourth-order valence-corrected chi connectivity index (χ4v) is 1.84. The minimum atomic E-state index is -0.274. The Labute approximate surface area is 118 Å². The highest BCUT2D eigenvalue weighted by Crippen LogP contribution is 2.29. The zero-order valence-electron chi connectivity index (χ0n) is 11.4. The maximum atomic E-state index is 13.5. The molecular weight excluding hydrogens is 257 g/mol. The van der Waals surface area contributed by atoms with Gasteiger partial charge in [0, 0.05) is 12.1 Å². The topological polar surface area (TPSA) is 44.5 Å². The predicted octanol–water partition coefficient (Wildman–Crippen LogP) is 3.26. The van der Waals surface area contributed by atoms with Crippen LogP contribution in [0.25, 0.3) is 0 Å². The number of benzene rings is 2. The highest BCUT2D eigenvalue weighted by atomic mass is 19.1. The van der Waals surface area contributed by atoms with Crippen LogP contribution >= 0.6 is 0 Å². The summed E-state index contributed by atoms with van der Waals surface area (Å²) < 4.78 is 24.7. The van der Waals surface area contributed by atoms with E-state index < -0.39 is 0 Å². The van der Waals surface area contributed by atoms with Gasteiger partial charge in [-0.2, -0.15) is 0 Å². The zero-order chi connectivity index (χ0) is 14.4. The summed E-state index contributed by atoms with van der Waals surface area (Å²) in [7, 11) is 0. The number of nitrogens with two attached hydrogens (primary N) is 1. The molecule has 0 spiro atoms. The predicted molar refractivity (Wildman–Crippen MR) is 76.2 cm³/mol. The lowest BCUT2D eigenvalue weighted by atomic mass is 10.2. The van der Waals surface area contributed by atoms with Crippen molar-refractivity contribution >= 4 is 0 Å². The summed E-state index contributed by atoms with van der Waals surface area (Å²) in [4.78, 5) is 0. The van der Waals surface area contributed by atoms with Crippen LogP contribution in [0.3, 0.4) is 0 Å². The molecular formula is C16H18FNO2. The van der Waals surface area contributed by atoms with E-state index in [1.54, 1.807) is 24.3 Å². The van der Waals surface area contributed by atoms with Crippen molar-refractivity contribution in [2.75, 3.05) is 6.61 Å². The van der Waals surface area contributed by atoms with Crippen molar-refractivity contribution in [3.05, 3.63) is 59.4 Å². The van der Waals surface area contributed by atoms with Gasteiger partial charge in [0.15, 0.2) is 11.5 Å². The Balaban J connectivity index is 2.14. The molecule has 0 aliphatic carbocycles. The van der Waals surface area contributed by atoms with Crippen molar-refractivity contribution in [3.63, 3.8) is 0 Å². The van der Waals surface area contributed by atoms with Crippen molar-refractivity contribution < 1.29 is 13.9 Å². The number of hydrogen-bond donors (Lipinski definition) is 1. The molecule has 0 radical (unpaired) electrons. The first-order valence-electron chi connectivity index (χ1n) is 6.56. The molecule has 2 rings (SSSR count). The van der Waals surface area contributed by atoms with E-state index in [0.29, 0.717) is 30.2 Å². The zero-order valence-corrected chi connectivity index (χ0v) is 11.4. The number of rotatable bonds is 6. The Morgan fingerprint density at radius 2 is 1.85 bits per heavy atom. The third-order valence-electron chi connectivity index (χ3n) is 2.88. The van der Waals surface area contributed by atoms with Crippen LogP contribution in [-0.4, -0.2) is 6.61 Å². The van der Waals surface area contributed by atoms with E-state index in [1.165, 1.54) is 6.07 Å². The van der Waals surface area contributed by atoms with Gasteiger partial charge in [-0.1, -0.05) is 24.3 Å². The third kappa shape index (κ3) is 3.48. The molecule has 0 saturated carbocycles. The standard InChI is InChI=1S/C16H18FNO2/c1-2-19-16-9-12(10-18)7-8-15(16)20-11-13-5-3-4-6-14(13)17/h3-9H,2,10-11,18H2,1H3. The monoisotopic (exact) mass is 275 g/mol. The first-order chi connectivity index (χ1) is 9.74. The van der Waals surface area contributed by atoms with Gasteiger partial charge in [0.25, 0.3) is 0 Å². The van der Waals surface area contributed by atoms with Crippen molar-refractivity contribution in [2.45, 2.75) is 20.1 Å². The molecule has 2 N–H and O–H groups in total. The molecule has 0 unspecified atom stereocenters. The number of halogens is 1. The van der Waals surface area contributed by atoms with Gasteiger partial charge in [0.05, 0.1) is 6.61 Å². The van der Waals surface area contributed by atoms with Gasteiger partial charge >= 0.3 is 0 Å². The summed E-state index contributed by atoms with van der Waals surface area (Å²) >= 11 is 0. The van der Waals surface area contributed by atoms with Crippen molar-refractivity contribution in [1.82, 2.24) is 0 Å². The maximum Gasteiger partial charge on any atom is 0.161 e. The molecule has 0 atom stereocenters. The lowest BCUT2D eigenvalue weighted by molar-refractivity contribution is 0.265. The minimum absolute atomic E-state index is 0.161. The van der Waals surface area contributed by atoms with Crippen LogP contribution < -0.4 is 15.2 Å². The van der Waals surface area contributed by atoms with Crippen LogP contribution in [0.5, 0.6) is 11.5 Å². The second-order valence-electron chi connectivity index (χ2n) is 4.30. The highest BCUT2D eigenvalue weighted by Gasteiger charge is 2.08. The molecule has 2 aromatic carbocycles. The van der Waals surface area contributed by atoms with Crippen molar-refractivity contribution in [3.8, 4) is 11.5 Å². The smallest absolute Gasteiger partial charge is 0.161 e. The van der Waals surface area contributed by atoms with Crippen LogP contribution in [0, 0.1) is 5.82 Å². The molecule has 0 amide bonds. The first-order valence-corrected chi connectivity index (χ1v) is 6.56. The van der Waals surface area contributed by atoms with E-state index in [4.69, 9.17) is 15.2 Å². The normalized spacial score (nSPS) is 10.3. The quantitative estimate of drug-likeness (QED) is 0.880. The molecule has 3 nitrogen and oxygen atoms in total. The summed E-state index contributed by atoms with van der Waals surface area (Å²) in [6.45, 7) is 3.03. The molecule has 0 bridgehead atoms. The molecule has 0 fully saturated rings. The second kappa shape index (κ2) is 6.91. The molecule has 0 aliphatic heterocycles. The van der Waals surface area contributed by atoms with E-state index in [0.717, 1.165) is 5.56 Å². The van der Waals surface area contributed by atoms with Gasteiger partial charge in [-0.15, -0.1) is 0 Å². The second-order valence-corrected chi connectivity index (χ2v) is 4.30. The highest BCUT2D eigenvalue weighted by molar-refractivity contribution is 5.43. The van der Waals surface area contributed by atoms with E-state index in [1.807, 2.05) is 19.1 Å². The van der Waals surface area contributed by atoms with Crippen molar-refractivity contribution in [1.29, 1.82) is 0 Å². The van der Waals surface area contributed by atoms with Crippen LogP contribution in [0.1, 0.15) is 18.1 Å². The van der Waals surface area contributed by atoms with Gasteiger partial charge in [-0.05, 0) is 30.7 Å². The average Bonchev–Trinajstić information content (AvgIpc) is 2.47. The molecule has 4 heteroatoms. The Morgan fingerprint density at radius 3 is 2.55 bits per heavy atom. The Hall–Kier alpha value is -2.07. The van der Waals surface area contributed by atoms with Gasteiger partial charge < -0.3 is 15.2 Å². The summed E-state index contributed by atoms with van der Waals surface area (Å²) in [5.74, 6) is 0.947. The summed E-state index contributed by atoms with van der Waals surface area (Å²) in [6.07, 6.45) is 0. The SMILES string of the molecule is CCOc1cc(CN)ccc1OCc1ccccc1F. The first kappa shape index (κ1) is 14.3. The minimum Gasteiger partial charge on any atom is -0.490 e. The lowest BCUT2D eigenvalue weighted by Gasteiger charge is -2.13. The molecule has 2 aromatic rings. The van der Waals surface area contributed by atoms with E-state index in [-0.39, 0.29) is 12.4 Å². The Bertz CT molecular complexity index is 572. The van der Waals surface area contributed by atoms with Gasteiger partial charge in [0.1, 0.15) is 12.4 Å². The van der Waals surface area contributed by atoms with Gasteiger partial charge in [-0.3, -0.25) is 0 Å². The fourth-order valence-electron chi connectivity index (χ4n) is 1.84. The molecule has 0 aliphatic rings. The Kier molecular flexibility index (Phi) is 4.96. The van der Waals surface area contributed by atoms with Crippen LogP contribution in [-0.2, 0) is 13.2 Å². The average molecular weight is 275 g/mol. The summed E-state index contributed by atoms with van der Waals surface area (Å²) in [5.41, 5.74) is 7.08. The molecule has 20 heavy (non-hydrogen) atoms. The van der Waals surface area contributed by atoms with E-state index in [2.05, 4.69) is 0 Å². The number of ether oxygens (including phenoxy) is 2. The molecule has 0 heterocycles. The number of hydrogen-bond acceptors (Lipinski definition) is 3. The lowest BCUT2D eigenvalue weighted by Crippen LogP contribution is -2.03. The van der Waals surface area contributed by atoms with E-state index >= 15 is 0 Å². The van der Waals surface area contributed by atoms with Crippen LogP contribution in [0.4, 0.5) is 4.39 Å². The summed E-state index contributed by atoms with van der Waals surface area (Å²) in [6, 6.07) is 12.1.